The number of nitrogens with zero attached hydrogens (tertiary/aromatic N) is 2. The fraction of sp³-hybridized carbons (Fsp3) is 0.441. The molecule has 0 saturated carbocycles. The van der Waals surface area contributed by atoms with Crippen LogP contribution in [-0.2, 0) is 25.9 Å². The number of rotatable bonds is 9. The summed E-state index contributed by atoms with van der Waals surface area (Å²) < 4.78 is 0. The second-order valence-corrected chi connectivity index (χ2v) is 11.2. The molecule has 0 atom stereocenters. The summed E-state index contributed by atoms with van der Waals surface area (Å²) in [6.07, 6.45) is 7.51. The van der Waals surface area contributed by atoms with E-state index in [1.807, 2.05) is 0 Å². The third-order valence-corrected chi connectivity index (χ3v) is 8.55. The highest BCUT2D eigenvalue weighted by atomic mass is 35.5. The van der Waals surface area contributed by atoms with Gasteiger partial charge in [0, 0.05) is 38.2 Å². The molecule has 5 heteroatoms. The minimum absolute atomic E-state index is 0. The van der Waals surface area contributed by atoms with Gasteiger partial charge in [-0.05, 0) is 98.3 Å². The van der Waals surface area contributed by atoms with Crippen LogP contribution in [0.5, 0.6) is 0 Å². The molecule has 0 aliphatic carbocycles. The van der Waals surface area contributed by atoms with E-state index in [0.29, 0.717) is 12.2 Å². The maximum Gasteiger partial charge on any atom is 0.162 e. The molecular formula is C34H44Cl2N2O. The van der Waals surface area contributed by atoms with Gasteiger partial charge in [-0.3, -0.25) is 14.6 Å². The van der Waals surface area contributed by atoms with E-state index in [1.54, 1.807) is 0 Å². The molecule has 3 aromatic rings. The van der Waals surface area contributed by atoms with Gasteiger partial charge in [-0.15, -0.1) is 24.8 Å². The monoisotopic (exact) mass is 566 g/mol. The van der Waals surface area contributed by atoms with E-state index in [4.69, 9.17) is 0 Å². The summed E-state index contributed by atoms with van der Waals surface area (Å²) in [5.41, 5.74) is 7.94. The van der Waals surface area contributed by atoms with E-state index in [1.165, 1.54) is 60.2 Å². The van der Waals surface area contributed by atoms with Crippen molar-refractivity contribution >= 4 is 30.6 Å². The van der Waals surface area contributed by atoms with Gasteiger partial charge in [0.1, 0.15) is 0 Å². The van der Waals surface area contributed by atoms with Gasteiger partial charge in [-0.1, -0.05) is 66.7 Å². The maximum absolute atomic E-state index is 13.0. The number of ketones is 1. The third kappa shape index (κ3) is 8.91. The quantitative estimate of drug-likeness (QED) is 0.248. The molecule has 5 rings (SSSR count). The van der Waals surface area contributed by atoms with Gasteiger partial charge in [0.25, 0.3) is 0 Å². The number of likely N-dealkylation sites (tertiary alicyclic amines) is 1. The third-order valence-electron chi connectivity index (χ3n) is 8.55. The first-order valence-electron chi connectivity index (χ1n) is 14.3. The Morgan fingerprint density at radius 2 is 1.44 bits per heavy atom. The molecule has 0 bridgehead atoms. The number of benzene rings is 3. The van der Waals surface area contributed by atoms with E-state index < -0.39 is 0 Å². The second kappa shape index (κ2) is 15.6. The summed E-state index contributed by atoms with van der Waals surface area (Å²) >= 11 is 0. The van der Waals surface area contributed by atoms with E-state index in [0.717, 1.165) is 56.9 Å². The number of piperidine rings is 1. The van der Waals surface area contributed by atoms with Crippen LogP contribution in [-0.4, -0.2) is 41.8 Å². The molecule has 0 N–H and O–H groups in total. The number of hydrogen-bond acceptors (Lipinski definition) is 3. The zero-order valence-electron chi connectivity index (χ0n) is 23.3. The predicted octanol–water partition coefficient (Wildman–Crippen LogP) is 7.70. The number of carbonyl (C=O) groups is 1. The Morgan fingerprint density at radius 1 is 0.769 bits per heavy atom. The fourth-order valence-electron chi connectivity index (χ4n) is 6.10. The molecule has 0 amide bonds. The Kier molecular flexibility index (Phi) is 12.5. The summed E-state index contributed by atoms with van der Waals surface area (Å²) in [6.45, 7) is 8.79. The highest BCUT2D eigenvalue weighted by Crippen LogP contribution is 2.25. The van der Waals surface area contributed by atoms with Crippen molar-refractivity contribution in [1.82, 2.24) is 9.80 Å². The van der Waals surface area contributed by atoms with Gasteiger partial charge in [0.2, 0.25) is 0 Å². The number of aryl methyl sites for hydroxylation is 1. The van der Waals surface area contributed by atoms with Crippen LogP contribution >= 0.6 is 24.8 Å². The van der Waals surface area contributed by atoms with Crippen LogP contribution in [0.4, 0.5) is 0 Å². The Morgan fingerprint density at radius 3 is 2.18 bits per heavy atom. The lowest BCUT2D eigenvalue weighted by atomic mass is 9.90. The summed E-state index contributed by atoms with van der Waals surface area (Å²) in [4.78, 5) is 18.2. The minimum Gasteiger partial charge on any atom is -0.299 e. The van der Waals surface area contributed by atoms with Crippen molar-refractivity contribution in [3.8, 4) is 0 Å². The van der Waals surface area contributed by atoms with Crippen molar-refractivity contribution in [2.24, 2.45) is 5.92 Å². The Labute approximate surface area is 247 Å². The molecule has 3 nitrogen and oxygen atoms in total. The molecule has 1 saturated heterocycles. The Hall–Kier alpha value is -2.17. The van der Waals surface area contributed by atoms with Crippen LogP contribution < -0.4 is 0 Å². The molecule has 0 unspecified atom stereocenters. The Bertz CT molecular complexity index is 1170. The molecule has 0 aromatic heterocycles. The average molecular weight is 568 g/mol. The van der Waals surface area contributed by atoms with E-state index in [9.17, 15) is 4.79 Å². The van der Waals surface area contributed by atoms with E-state index >= 15 is 0 Å². The Balaban J connectivity index is 0.00000210. The van der Waals surface area contributed by atoms with Crippen LogP contribution in [0.1, 0.15) is 70.3 Å². The van der Waals surface area contributed by atoms with Crippen LogP contribution in [0.2, 0.25) is 0 Å². The highest BCUT2D eigenvalue weighted by Gasteiger charge is 2.20. The van der Waals surface area contributed by atoms with Crippen molar-refractivity contribution in [2.45, 2.75) is 65.0 Å². The zero-order chi connectivity index (χ0) is 25.5. The second-order valence-electron chi connectivity index (χ2n) is 11.2. The van der Waals surface area contributed by atoms with Crippen molar-refractivity contribution in [3.63, 3.8) is 0 Å². The summed E-state index contributed by atoms with van der Waals surface area (Å²) in [5.74, 6) is 1.09. The highest BCUT2D eigenvalue weighted by molar-refractivity contribution is 5.96. The van der Waals surface area contributed by atoms with Gasteiger partial charge in [-0.2, -0.15) is 0 Å². The van der Waals surface area contributed by atoms with E-state index in [2.05, 4.69) is 89.5 Å². The number of Topliss-reactive ketones (excluding diaryl/α,β-unsaturated/α-hetero) is 1. The summed E-state index contributed by atoms with van der Waals surface area (Å²) in [5, 5.41) is 0. The normalized spacial score (nSPS) is 16.4. The molecule has 0 radical (unpaired) electrons. The molecule has 0 spiro atoms. The molecule has 1 fully saturated rings. The molecule has 210 valence electrons. The summed E-state index contributed by atoms with van der Waals surface area (Å²) in [6, 6.07) is 26.0. The van der Waals surface area contributed by atoms with Gasteiger partial charge < -0.3 is 0 Å². The standard InChI is InChI=1S/C34H42N2O.2ClH/c1-27-8-5-6-12-33(27)26-36-20-16-28(17-21-36)11-7-13-34(37)32-15-14-30-18-22-35(23-19-31(30)24-32)25-29-9-3-2-4-10-29;;/h2-6,8-10,12,14-15,24,28H,7,11,13,16-23,25-26H2,1H3;2*1H. The molecular weight excluding hydrogens is 523 g/mol. The average Bonchev–Trinajstić information content (AvgIpc) is 3.13. The number of hydrogen-bond donors (Lipinski definition) is 0. The van der Waals surface area contributed by atoms with Gasteiger partial charge >= 0.3 is 0 Å². The van der Waals surface area contributed by atoms with Crippen LogP contribution in [0, 0.1) is 12.8 Å². The SMILES string of the molecule is Cc1ccccc1CN1CCC(CCCC(=O)c2ccc3c(c2)CCN(Cc2ccccc2)CC3)CC1.Cl.Cl. The molecule has 2 aliphatic rings. The number of fused-ring (bicyclic) bond motifs is 1. The van der Waals surface area contributed by atoms with Crippen LogP contribution in [0.3, 0.4) is 0 Å². The zero-order valence-corrected chi connectivity index (χ0v) is 25.0. The molecule has 3 aromatic carbocycles. The smallest absolute Gasteiger partial charge is 0.162 e. The fourth-order valence-corrected chi connectivity index (χ4v) is 6.10. The van der Waals surface area contributed by atoms with Crippen molar-refractivity contribution in [2.75, 3.05) is 26.2 Å². The van der Waals surface area contributed by atoms with E-state index in [-0.39, 0.29) is 24.8 Å². The largest absolute Gasteiger partial charge is 0.299 e. The predicted molar refractivity (Wildman–Crippen MR) is 167 cm³/mol. The first-order chi connectivity index (χ1) is 18.1. The van der Waals surface area contributed by atoms with Crippen molar-refractivity contribution in [1.29, 1.82) is 0 Å². The lowest BCUT2D eigenvalue weighted by Crippen LogP contribution is -2.33. The van der Waals surface area contributed by atoms with Gasteiger partial charge in [-0.25, -0.2) is 0 Å². The topological polar surface area (TPSA) is 23.6 Å². The summed E-state index contributed by atoms with van der Waals surface area (Å²) in [7, 11) is 0. The molecule has 2 aliphatic heterocycles. The first-order valence-corrected chi connectivity index (χ1v) is 14.3. The molecule has 2 heterocycles. The first kappa shape index (κ1) is 31.4. The maximum atomic E-state index is 13.0. The molecule has 39 heavy (non-hydrogen) atoms. The van der Waals surface area contributed by atoms with Crippen LogP contribution in [0.15, 0.2) is 72.8 Å². The number of carbonyl (C=O) groups excluding carboxylic acids is 1. The lowest BCUT2D eigenvalue weighted by molar-refractivity contribution is 0.0974. The van der Waals surface area contributed by atoms with Crippen molar-refractivity contribution in [3.05, 3.63) is 106 Å². The lowest BCUT2D eigenvalue weighted by Gasteiger charge is -2.32. The van der Waals surface area contributed by atoms with Crippen LogP contribution in [0.25, 0.3) is 0 Å². The number of halogens is 2. The van der Waals surface area contributed by atoms with Crippen molar-refractivity contribution < 1.29 is 4.79 Å². The van der Waals surface area contributed by atoms with Gasteiger partial charge in [0.15, 0.2) is 5.78 Å². The minimum atomic E-state index is 0. The van der Waals surface area contributed by atoms with Gasteiger partial charge in [0.05, 0.1) is 0 Å².